The number of morpholine rings is 1. The Kier molecular flexibility index (Phi) is 9.17. The molecule has 1 unspecified atom stereocenters. The Morgan fingerprint density at radius 3 is 2.46 bits per heavy atom. The van der Waals surface area contributed by atoms with Crippen LogP contribution in [0.5, 0.6) is 0 Å². The molecule has 0 saturated carbocycles. The maximum atomic E-state index is 14.1. The summed E-state index contributed by atoms with van der Waals surface area (Å²) in [5.41, 5.74) is 2.78. The Labute approximate surface area is 272 Å². The van der Waals surface area contributed by atoms with Gasteiger partial charge in [0.2, 0.25) is 5.95 Å². The molecular weight excluding hydrogens is 627 g/mol. The number of rotatable bonds is 9. The first-order valence-corrected chi connectivity index (χ1v) is 18.3. The fraction of sp³-hybridized carbons (Fsp3) is 0.500. The molecule has 7 rings (SSSR count). The van der Waals surface area contributed by atoms with Crippen LogP contribution in [0.25, 0.3) is 21.6 Å². The lowest BCUT2D eigenvalue weighted by Crippen LogP contribution is -2.39. The smallest absolute Gasteiger partial charge is 0.262 e. The maximum Gasteiger partial charge on any atom is 0.262 e. The van der Waals surface area contributed by atoms with E-state index < -0.39 is 15.1 Å². The lowest BCUT2D eigenvalue weighted by Gasteiger charge is -2.27. The molecule has 6 heterocycles. The first-order valence-electron chi connectivity index (χ1n) is 15.9. The van der Waals surface area contributed by atoms with Gasteiger partial charge in [0.1, 0.15) is 14.9 Å². The van der Waals surface area contributed by atoms with E-state index >= 15 is 0 Å². The molecule has 14 heteroatoms. The quantitative estimate of drug-likeness (QED) is 0.282. The number of hydrogen-bond acceptors (Lipinski definition) is 12. The van der Waals surface area contributed by atoms with E-state index in [0.717, 1.165) is 49.6 Å². The molecule has 0 spiro atoms. The summed E-state index contributed by atoms with van der Waals surface area (Å²) in [6.45, 7) is 6.99. The minimum atomic E-state index is -3.57. The average Bonchev–Trinajstić information content (AvgIpc) is 3.76. The third-order valence-corrected chi connectivity index (χ3v) is 13.0. The highest BCUT2D eigenvalue weighted by molar-refractivity contribution is 7.94. The van der Waals surface area contributed by atoms with E-state index in [9.17, 15) is 13.2 Å². The molecule has 244 valence electrons. The molecule has 0 amide bonds. The number of benzene rings is 1. The van der Waals surface area contributed by atoms with Crippen molar-refractivity contribution in [2.75, 3.05) is 71.5 Å². The Morgan fingerprint density at radius 2 is 1.72 bits per heavy atom. The normalized spacial score (nSPS) is 20.4. The van der Waals surface area contributed by atoms with E-state index in [-0.39, 0.29) is 9.77 Å². The van der Waals surface area contributed by atoms with Gasteiger partial charge in [0.25, 0.3) is 5.56 Å². The molecular formula is C32H39N7O5S2. The second-order valence-corrected chi connectivity index (χ2v) is 15.8. The summed E-state index contributed by atoms with van der Waals surface area (Å²) in [6.07, 6.45) is 5.15. The first kappa shape index (κ1) is 31.3. The minimum absolute atomic E-state index is 0.176. The van der Waals surface area contributed by atoms with Crippen LogP contribution in [-0.4, -0.2) is 109 Å². The number of likely N-dealkylation sites (tertiary alicyclic amines) is 1. The maximum absolute atomic E-state index is 14.1. The van der Waals surface area contributed by atoms with Gasteiger partial charge in [-0.3, -0.25) is 14.3 Å². The highest BCUT2D eigenvalue weighted by Gasteiger charge is 2.32. The van der Waals surface area contributed by atoms with Crippen molar-refractivity contribution in [3.05, 3.63) is 58.6 Å². The lowest BCUT2D eigenvalue weighted by molar-refractivity contribution is 0.0364. The van der Waals surface area contributed by atoms with Crippen LogP contribution in [0.15, 0.2) is 51.7 Å². The van der Waals surface area contributed by atoms with E-state index in [2.05, 4.69) is 44.3 Å². The summed E-state index contributed by atoms with van der Waals surface area (Å²) in [5.74, 6) is 0.939. The third kappa shape index (κ3) is 6.60. The van der Waals surface area contributed by atoms with Gasteiger partial charge in [-0.1, -0.05) is 12.1 Å². The molecule has 1 atom stereocenters. The van der Waals surface area contributed by atoms with Crippen molar-refractivity contribution in [1.82, 2.24) is 29.3 Å². The van der Waals surface area contributed by atoms with Crippen LogP contribution >= 0.6 is 11.3 Å². The van der Waals surface area contributed by atoms with Crippen molar-refractivity contribution in [3.63, 3.8) is 0 Å². The predicted octanol–water partition coefficient (Wildman–Crippen LogP) is 3.36. The summed E-state index contributed by atoms with van der Waals surface area (Å²) in [7, 11) is -1.42. The molecule has 3 saturated heterocycles. The fourth-order valence-corrected chi connectivity index (χ4v) is 9.60. The number of aromatic nitrogens is 4. The Balaban J connectivity index is 1.20. The van der Waals surface area contributed by atoms with Gasteiger partial charge in [-0.25, -0.2) is 18.4 Å². The minimum Gasteiger partial charge on any atom is -0.381 e. The number of pyridine rings is 1. The van der Waals surface area contributed by atoms with Crippen molar-refractivity contribution in [2.24, 2.45) is 0 Å². The van der Waals surface area contributed by atoms with Crippen molar-refractivity contribution >= 4 is 43.8 Å². The molecule has 3 aliphatic heterocycles. The highest BCUT2D eigenvalue weighted by Crippen LogP contribution is 2.33. The number of thiazole rings is 1. The topological polar surface area (TPSA) is 132 Å². The molecule has 12 nitrogen and oxygen atoms in total. The standard InChI is InChI=1S/C32H39N7O5S2/c1-37-9-6-23(21-37)22-2-4-25(5-3-22)35-32-34-19-24-18-27(30-33-20-28(45-30)46(41,42)26-7-14-43-15-8-26)31(40)39(29(24)36-32)11-10-38-12-16-44-17-13-38/h2-5,18-20,23,26H,6-17,21H2,1H3,(H,34,35,36). The molecule has 1 aromatic carbocycles. The van der Waals surface area contributed by atoms with Crippen LogP contribution in [0, 0.1) is 0 Å². The van der Waals surface area contributed by atoms with Gasteiger partial charge >= 0.3 is 0 Å². The van der Waals surface area contributed by atoms with Gasteiger partial charge in [0, 0.05) is 63.2 Å². The zero-order valence-electron chi connectivity index (χ0n) is 25.9. The molecule has 4 aromatic rings. The van der Waals surface area contributed by atoms with E-state index in [1.165, 1.54) is 11.8 Å². The number of likely N-dealkylation sites (N-methyl/N-ethyl adjacent to an activating group) is 1. The number of fused-ring (bicyclic) bond motifs is 1. The third-order valence-electron chi connectivity index (χ3n) is 9.20. The van der Waals surface area contributed by atoms with Crippen LogP contribution in [0.3, 0.4) is 0 Å². The molecule has 0 aliphatic carbocycles. The van der Waals surface area contributed by atoms with Gasteiger partial charge in [0.15, 0.2) is 9.84 Å². The zero-order chi connectivity index (χ0) is 31.7. The number of ether oxygens (including phenoxy) is 2. The Morgan fingerprint density at radius 1 is 0.957 bits per heavy atom. The monoisotopic (exact) mass is 665 g/mol. The summed E-state index contributed by atoms with van der Waals surface area (Å²) in [6, 6.07) is 10.1. The summed E-state index contributed by atoms with van der Waals surface area (Å²) < 4.78 is 39.4. The van der Waals surface area contributed by atoms with Gasteiger partial charge in [-0.15, -0.1) is 11.3 Å². The SMILES string of the molecule is CN1CCC(c2ccc(Nc3ncc4cc(-c5ncc(S(=O)(=O)C6CCOCC6)s5)c(=O)n(CCN5CCOCC5)c4n3)cc2)C1. The second kappa shape index (κ2) is 13.5. The van der Waals surface area contributed by atoms with Crippen LogP contribution in [0.1, 0.15) is 30.7 Å². The van der Waals surface area contributed by atoms with Gasteiger partial charge in [0.05, 0.1) is 30.2 Å². The van der Waals surface area contributed by atoms with Crippen molar-refractivity contribution in [1.29, 1.82) is 0 Å². The second-order valence-electron chi connectivity index (χ2n) is 12.3. The van der Waals surface area contributed by atoms with Gasteiger partial charge in [-0.05, 0) is 62.5 Å². The van der Waals surface area contributed by atoms with E-state index in [0.29, 0.717) is 85.8 Å². The van der Waals surface area contributed by atoms with Crippen molar-refractivity contribution in [2.45, 2.75) is 41.2 Å². The number of sulfone groups is 1. The van der Waals surface area contributed by atoms with Crippen molar-refractivity contribution < 1.29 is 17.9 Å². The Hall–Kier alpha value is -3.27. The zero-order valence-corrected chi connectivity index (χ0v) is 27.6. The van der Waals surface area contributed by atoms with Crippen LogP contribution in [0.4, 0.5) is 11.6 Å². The van der Waals surface area contributed by atoms with Gasteiger partial charge < -0.3 is 19.7 Å². The van der Waals surface area contributed by atoms with E-state index in [1.807, 2.05) is 12.1 Å². The first-order chi connectivity index (χ1) is 22.3. The summed E-state index contributed by atoms with van der Waals surface area (Å²) in [5, 5.41) is 3.85. The molecule has 3 fully saturated rings. The number of anilines is 2. The molecule has 0 bridgehead atoms. The summed E-state index contributed by atoms with van der Waals surface area (Å²) >= 11 is 1.04. The largest absolute Gasteiger partial charge is 0.381 e. The van der Waals surface area contributed by atoms with E-state index in [1.54, 1.807) is 16.8 Å². The Bertz CT molecular complexity index is 1850. The molecule has 0 radical (unpaired) electrons. The van der Waals surface area contributed by atoms with Gasteiger partial charge in [-0.2, -0.15) is 4.98 Å². The van der Waals surface area contributed by atoms with Crippen LogP contribution in [0.2, 0.25) is 0 Å². The van der Waals surface area contributed by atoms with Crippen molar-refractivity contribution in [3.8, 4) is 10.6 Å². The fourth-order valence-electron chi connectivity index (χ4n) is 6.49. The highest BCUT2D eigenvalue weighted by atomic mass is 32.2. The predicted molar refractivity (Wildman–Crippen MR) is 178 cm³/mol. The van der Waals surface area contributed by atoms with Crippen LogP contribution < -0.4 is 10.9 Å². The number of hydrogen-bond donors (Lipinski definition) is 1. The summed E-state index contributed by atoms with van der Waals surface area (Å²) in [4.78, 5) is 32.5. The lowest BCUT2D eigenvalue weighted by atomic mass is 9.98. The molecule has 1 N–H and O–H groups in total. The molecule has 3 aromatic heterocycles. The molecule has 3 aliphatic rings. The number of nitrogens with zero attached hydrogens (tertiary/aromatic N) is 6. The van der Waals surface area contributed by atoms with E-state index in [4.69, 9.17) is 14.5 Å². The molecule has 46 heavy (non-hydrogen) atoms. The number of nitrogens with one attached hydrogen (secondary N) is 1. The van der Waals surface area contributed by atoms with Crippen LogP contribution in [-0.2, 0) is 25.9 Å². The average molecular weight is 666 g/mol.